The first-order valence-electron chi connectivity index (χ1n) is 21.2. The molecule has 5 amide bonds. The fourth-order valence-electron chi connectivity index (χ4n) is 6.74. The number of carbonyl (C=O) groups is 6. The number of aromatic hydroxyl groups is 2. The van der Waals surface area contributed by atoms with Gasteiger partial charge in [0, 0.05) is 26.0 Å². The molecule has 1 aliphatic rings. The second-order valence-electron chi connectivity index (χ2n) is 16.3. The average Bonchev–Trinajstić information content (AvgIpc) is 3.21. The zero-order chi connectivity index (χ0) is 45.1. The zero-order valence-electron chi connectivity index (χ0n) is 36.3. The van der Waals surface area contributed by atoms with E-state index in [1.807, 2.05) is 6.08 Å². The van der Waals surface area contributed by atoms with Crippen LogP contribution in [-0.2, 0) is 46.3 Å². The predicted octanol–water partition coefficient (Wildman–Crippen LogP) is 3.74. The highest BCUT2D eigenvalue weighted by Gasteiger charge is 2.36. The van der Waals surface area contributed by atoms with E-state index >= 15 is 0 Å². The number of likely N-dealkylation sites (N-methyl/N-ethyl adjacent to an activating group) is 1. The molecule has 3 rings (SSSR count). The molecular formula is C46H65N5O10. The van der Waals surface area contributed by atoms with E-state index in [0.29, 0.717) is 11.1 Å². The van der Waals surface area contributed by atoms with Crippen molar-refractivity contribution in [2.75, 3.05) is 13.7 Å². The van der Waals surface area contributed by atoms with Gasteiger partial charge in [-0.05, 0) is 66.5 Å². The molecule has 0 fully saturated rings. The van der Waals surface area contributed by atoms with Gasteiger partial charge in [0.15, 0.2) is 0 Å². The van der Waals surface area contributed by atoms with Crippen LogP contribution in [0.2, 0.25) is 0 Å². The van der Waals surface area contributed by atoms with E-state index in [1.54, 1.807) is 58.0 Å². The summed E-state index contributed by atoms with van der Waals surface area (Å²) in [6.45, 7) is 8.65. The summed E-state index contributed by atoms with van der Waals surface area (Å²) in [4.78, 5) is 81.8. The summed E-state index contributed by atoms with van der Waals surface area (Å²) in [5.74, 6) is -4.26. The number of aliphatic hydroxyl groups excluding tert-OH is 1. The Labute approximate surface area is 359 Å². The zero-order valence-corrected chi connectivity index (χ0v) is 36.3. The van der Waals surface area contributed by atoms with Gasteiger partial charge in [-0.3, -0.25) is 24.0 Å². The third kappa shape index (κ3) is 17.1. The van der Waals surface area contributed by atoms with Crippen LogP contribution in [-0.4, -0.2) is 106 Å². The summed E-state index contributed by atoms with van der Waals surface area (Å²) in [6, 6.07) is 7.30. The summed E-state index contributed by atoms with van der Waals surface area (Å²) in [6.07, 6.45) is 9.99. The number of unbranched alkanes of at least 4 members (excludes halogenated alkanes) is 4. The van der Waals surface area contributed by atoms with Gasteiger partial charge < -0.3 is 46.2 Å². The minimum Gasteiger partial charge on any atom is -0.508 e. The molecule has 0 saturated heterocycles. The van der Waals surface area contributed by atoms with Crippen LogP contribution in [0.15, 0.2) is 72.8 Å². The van der Waals surface area contributed by atoms with Crippen LogP contribution >= 0.6 is 0 Å². The van der Waals surface area contributed by atoms with Gasteiger partial charge in [-0.25, -0.2) is 4.79 Å². The van der Waals surface area contributed by atoms with Gasteiger partial charge in [0.1, 0.15) is 36.2 Å². The second kappa shape index (κ2) is 25.2. The number of hydrogen-bond acceptors (Lipinski definition) is 10. The number of esters is 1. The lowest BCUT2D eigenvalue weighted by Crippen LogP contribution is -2.56. The van der Waals surface area contributed by atoms with Crippen LogP contribution in [0.4, 0.5) is 0 Å². The number of hydrogen-bond donors (Lipinski definition) is 7. The molecule has 0 aliphatic carbocycles. The van der Waals surface area contributed by atoms with E-state index in [1.165, 1.54) is 42.3 Å². The quantitative estimate of drug-likeness (QED) is 0.0581. The molecule has 334 valence electrons. The Kier molecular flexibility index (Phi) is 20.5. The van der Waals surface area contributed by atoms with Gasteiger partial charge in [-0.2, -0.15) is 0 Å². The molecule has 2 aromatic carbocycles. The molecule has 0 saturated carbocycles. The number of amides is 5. The third-order valence-corrected chi connectivity index (χ3v) is 10.5. The molecule has 6 atom stereocenters. The standard InChI is InChI=1S/C46H65N5O10/c1-7-8-9-10-11-12-13-14-39(55)48-36(25-31-15-20-34(52)21-16-31)38(54)27-41(57)50-42(29(2)3)44(58)47-33-19-24-40(56)49-43(30(4)5)45(59)51(6)37(46(60)61-28-33)26-32-17-22-35(53)23-18-32/h12-13,15-24,29-30,33,36-38,42-43,52-54H,7-11,14,25-28H2,1-6H3,(H,47,58)(H,48,55)(H,49,56)(H,50,57)/b13-12-,24-19?/t33-,36+,37+,38+,42+,43+/m1/s1. The molecule has 61 heavy (non-hydrogen) atoms. The second-order valence-corrected chi connectivity index (χ2v) is 16.3. The molecular weight excluding hydrogens is 783 g/mol. The van der Waals surface area contributed by atoms with Crippen LogP contribution in [0.3, 0.4) is 0 Å². The van der Waals surface area contributed by atoms with E-state index in [0.717, 1.165) is 38.2 Å². The molecule has 0 bridgehead atoms. The molecule has 2 aromatic rings. The van der Waals surface area contributed by atoms with Gasteiger partial charge in [-0.1, -0.05) is 96.4 Å². The number of phenols is 2. The fourth-order valence-corrected chi connectivity index (χ4v) is 6.74. The number of phenolic OH excluding ortho intramolecular Hbond substituents is 2. The maximum Gasteiger partial charge on any atom is 0.329 e. The number of ether oxygens (including phenoxy) is 1. The Hall–Kier alpha value is -5.70. The van der Waals surface area contributed by atoms with Gasteiger partial charge in [0.2, 0.25) is 29.5 Å². The van der Waals surface area contributed by atoms with Gasteiger partial charge in [0.05, 0.1) is 24.6 Å². The molecule has 15 nitrogen and oxygen atoms in total. The van der Waals surface area contributed by atoms with Gasteiger partial charge in [0.25, 0.3) is 0 Å². The van der Waals surface area contributed by atoms with E-state index in [9.17, 15) is 44.1 Å². The Morgan fingerprint density at radius 1 is 0.885 bits per heavy atom. The van der Waals surface area contributed by atoms with Crippen LogP contribution in [0.5, 0.6) is 11.5 Å². The van der Waals surface area contributed by atoms with Crippen molar-refractivity contribution in [3.63, 3.8) is 0 Å². The lowest BCUT2D eigenvalue weighted by molar-refractivity contribution is -0.156. The topological polar surface area (TPSA) is 224 Å². The van der Waals surface area contributed by atoms with Gasteiger partial charge in [-0.15, -0.1) is 0 Å². The Bertz CT molecular complexity index is 1810. The van der Waals surface area contributed by atoms with Crippen molar-refractivity contribution in [2.45, 2.75) is 129 Å². The fraction of sp³-hybridized carbons (Fsp3) is 0.522. The monoisotopic (exact) mass is 847 g/mol. The SMILES string of the molecule is CCCCCC/C=C\CC(=O)N[C@@H](Cc1ccc(O)cc1)[C@@H](O)CC(=O)N[C@H](C(=O)N[C@@H]1C=CC(=O)N[C@@H](C(C)C)C(=O)N(C)[C@@H](Cc2ccc(O)cc2)C(=O)OC1)C(C)C. The smallest absolute Gasteiger partial charge is 0.329 e. The van der Waals surface area contributed by atoms with Crippen LogP contribution in [0, 0.1) is 11.8 Å². The van der Waals surface area contributed by atoms with Crippen LogP contribution in [0.25, 0.3) is 0 Å². The number of benzene rings is 2. The molecule has 0 aromatic heterocycles. The third-order valence-electron chi connectivity index (χ3n) is 10.5. The van der Waals surface area contributed by atoms with Crippen LogP contribution < -0.4 is 21.3 Å². The largest absolute Gasteiger partial charge is 0.508 e. The number of nitrogens with zero attached hydrogens (tertiary/aromatic N) is 1. The van der Waals surface area contributed by atoms with Crippen molar-refractivity contribution in [1.29, 1.82) is 0 Å². The van der Waals surface area contributed by atoms with E-state index < -0.39 is 84.9 Å². The summed E-state index contributed by atoms with van der Waals surface area (Å²) in [5.41, 5.74) is 1.34. The maximum absolute atomic E-state index is 13.8. The summed E-state index contributed by atoms with van der Waals surface area (Å²) < 4.78 is 5.67. The van der Waals surface area contributed by atoms with Crippen molar-refractivity contribution in [2.24, 2.45) is 11.8 Å². The van der Waals surface area contributed by atoms with Crippen molar-refractivity contribution >= 4 is 35.5 Å². The summed E-state index contributed by atoms with van der Waals surface area (Å²) in [5, 5.41) is 41.8. The van der Waals surface area contributed by atoms with Crippen LogP contribution in [0.1, 0.15) is 90.7 Å². The maximum atomic E-state index is 13.8. The molecule has 0 unspecified atom stereocenters. The molecule has 0 spiro atoms. The predicted molar refractivity (Wildman–Crippen MR) is 231 cm³/mol. The van der Waals surface area contributed by atoms with Crippen molar-refractivity contribution in [3.05, 3.63) is 84.0 Å². The van der Waals surface area contributed by atoms with E-state index in [4.69, 9.17) is 4.74 Å². The highest BCUT2D eigenvalue weighted by Crippen LogP contribution is 2.18. The van der Waals surface area contributed by atoms with Crippen molar-refractivity contribution in [3.8, 4) is 11.5 Å². The number of allylic oxidation sites excluding steroid dienone is 1. The number of carbonyl (C=O) groups excluding carboxylic acids is 6. The molecule has 7 N–H and O–H groups in total. The van der Waals surface area contributed by atoms with E-state index in [2.05, 4.69) is 28.2 Å². The first-order chi connectivity index (χ1) is 29.0. The lowest BCUT2D eigenvalue weighted by atomic mass is 9.97. The molecule has 1 aliphatic heterocycles. The van der Waals surface area contributed by atoms with Crippen molar-refractivity contribution in [1.82, 2.24) is 26.2 Å². The Morgan fingerprint density at radius 3 is 2.13 bits per heavy atom. The summed E-state index contributed by atoms with van der Waals surface area (Å²) >= 11 is 0. The Balaban J connectivity index is 1.75. The van der Waals surface area contributed by atoms with E-state index in [-0.39, 0.29) is 42.6 Å². The minimum absolute atomic E-state index is 0.0278. The first kappa shape index (κ1) is 49.7. The molecule has 1 heterocycles. The summed E-state index contributed by atoms with van der Waals surface area (Å²) in [7, 11) is 1.45. The highest BCUT2D eigenvalue weighted by atomic mass is 16.5. The highest BCUT2D eigenvalue weighted by molar-refractivity contribution is 5.95. The van der Waals surface area contributed by atoms with Crippen molar-refractivity contribution < 1.29 is 48.8 Å². The normalized spacial score (nSPS) is 19.1. The number of rotatable bonds is 20. The molecule has 15 heteroatoms. The first-order valence-corrected chi connectivity index (χ1v) is 21.2. The number of cyclic esters (lactones) is 1. The lowest BCUT2D eigenvalue weighted by Gasteiger charge is -2.32. The number of aliphatic hydroxyl groups is 1. The Morgan fingerprint density at radius 2 is 1.52 bits per heavy atom. The average molecular weight is 848 g/mol. The van der Waals surface area contributed by atoms with Gasteiger partial charge >= 0.3 is 5.97 Å². The molecule has 0 radical (unpaired) electrons. The minimum atomic E-state index is -1.35. The number of nitrogens with one attached hydrogen (secondary N) is 4.